The number of fused-ring (bicyclic) bond motifs is 2. The first-order valence-electron chi connectivity index (χ1n) is 12.0. The van der Waals surface area contributed by atoms with Gasteiger partial charge in [0.25, 0.3) is 5.91 Å². The molecular weight excluding hydrogens is 456 g/mol. The molecule has 0 atom stereocenters. The molecule has 6 heteroatoms. The van der Waals surface area contributed by atoms with E-state index in [1.165, 1.54) is 10.5 Å². The molecule has 2 heterocycles. The molecule has 1 fully saturated rings. The van der Waals surface area contributed by atoms with Gasteiger partial charge in [-0.25, -0.2) is 4.79 Å². The average Bonchev–Trinajstić information content (AvgIpc) is 3.06. The molecule has 5 nitrogen and oxygen atoms in total. The van der Waals surface area contributed by atoms with E-state index in [9.17, 15) is 9.59 Å². The van der Waals surface area contributed by atoms with Crippen molar-refractivity contribution in [2.45, 2.75) is 35.6 Å². The topological polar surface area (TPSA) is 58.6 Å². The van der Waals surface area contributed by atoms with Crippen LogP contribution in [0, 0.1) is 0 Å². The van der Waals surface area contributed by atoms with E-state index in [2.05, 4.69) is 59.9 Å². The highest BCUT2D eigenvalue weighted by molar-refractivity contribution is 7.99. The third-order valence-electron chi connectivity index (χ3n) is 6.41. The molecule has 35 heavy (non-hydrogen) atoms. The fourth-order valence-electron chi connectivity index (χ4n) is 4.57. The molecule has 0 radical (unpaired) electrons. The van der Waals surface area contributed by atoms with Crippen molar-refractivity contribution in [1.82, 2.24) is 10.2 Å². The van der Waals surface area contributed by atoms with Gasteiger partial charge < -0.3 is 15.0 Å². The van der Waals surface area contributed by atoms with Crippen molar-refractivity contribution < 1.29 is 14.3 Å². The van der Waals surface area contributed by atoms with Crippen molar-refractivity contribution in [2.75, 3.05) is 19.7 Å². The standard InChI is InChI=1S/C29H28N2O3S/c1-2-34-29(33)31-16-14-23(15-17-31)30-28(32)21-12-13-26-22(18-21)19-25(20-8-4-3-5-9-20)24-10-6-7-11-27(24)35-26/h3-13,18-19,23H,2,14-17H2,1H3,(H,30,32). The fourth-order valence-corrected chi connectivity index (χ4v) is 5.62. The predicted octanol–water partition coefficient (Wildman–Crippen LogP) is 6.09. The summed E-state index contributed by atoms with van der Waals surface area (Å²) in [5.74, 6) is -0.0798. The Morgan fingerprint density at radius 2 is 1.71 bits per heavy atom. The van der Waals surface area contributed by atoms with Crippen molar-refractivity contribution in [3.8, 4) is 0 Å². The minimum absolute atomic E-state index is 0.0426. The van der Waals surface area contributed by atoms with Crippen molar-refractivity contribution in [1.29, 1.82) is 0 Å². The van der Waals surface area contributed by atoms with Crippen LogP contribution < -0.4 is 5.32 Å². The Labute approximate surface area is 210 Å². The normalized spacial score (nSPS) is 15.3. The second-order valence-electron chi connectivity index (χ2n) is 8.71. The van der Waals surface area contributed by atoms with Crippen molar-refractivity contribution in [2.24, 2.45) is 0 Å². The molecule has 0 unspecified atom stereocenters. The molecule has 0 aromatic heterocycles. The average molecular weight is 485 g/mol. The SMILES string of the molecule is CCOC(=O)N1CCC(NC(=O)c2ccc3c(c2)C=C(c2ccccc2)c2ccccc2S3)CC1. The lowest BCUT2D eigenvalue weighted by Crippen LogP contribution is -2.46. The number of carbonyl (C=O) groups is 2. The molecular formula is C29H28N2O3S. The summed E-state index contributed by atoms with van der Waals surface area (Å²) in [4.78, 5) is 29.1. The summed E-state index contributed by atoms with van der Waals surface area (Å²) < 4.78 is 5.09. The molecule has 2 amide bonds. The van der Waals surface area contributed by atoms with Crippen LogP contribution in [0.1, 0.15) is 46.8 Å². The molecule has 1 saturated heterocycles. The molecule has 178 valence electrons. The maximum atomic E-state index is 13.1. The highest BCUT2D eigenvalue weighted by Gasteiger charge is 2.25. The number of hydrogen-bond acceptors (Lipinski definition) is 4. The monoisotopic (exact) mass is 484 g/mol. The van der Waals surface area contributed by atoms with Crippen LogP contribution in [-0.2, 0) is 4.74 Å². The Bertz CT molecular complexity index is 1260. The van der Waals surface area contributed by atoms with Crippen LogP contribution in [0.3, 0.4) is 0 Å². The van der Waals surface area contributed by atoms with Crippen LogP contribution >= 0.6 is 11.8 Å². The first kappa shape index (κ1) is 23.2. The van der Waals surface area contributed by atoms with E-state index >= 15 is 0 Å². The Morgan fingerprint density at radius 3 is 2.49 bits per heavy atom. The molecule has 0 bridgehead atoms. The predicted molar refractivity (Wildman–Crippen MR) is 140 cm³/mol. The molecule has 0 spiro atoms. The van der Waals surface area contributed by atoms with Gasteiger partial charge in [-0.1, -0.05) is 60.3 Å². The van der Waals surface area contributed by atoms with E-state index in [-0.39, 0.29) is 18.0 Å². The highest BCUT2D eigenvalue weighted by Crippen LogP contribution is 2.42. The lowest BCUT2D eigenvalue weighted by molar-refractivity contribution is 0.0860. The second-order valence-corrected chi connectivity index (χ2v) is 9.79. The van der Waals surface area contributed by atoms with Gasteiger partial charge in [-0.05, 0) is 72.4 Å². The van der Waals surface area contributed by atoms with Gasteiger partial charge in [0.1, 0.15) is 0 Å². The number of carbonyl (C=O) groups excluding carboxylic acids is 2. The Morgan fingerprint density at radius 1 is 0.971 bits per heavy atom. The second kappa shape index (κ2) is 10.4. The van der Waals surface area contributed by atoms with Crippen LogP contribution in [0.4, 0.5) is 4.79 Å². The number of ether oxygens (including phenoxy) is 1. The van der Waals surface area contributed by atoms with Gasteiger partial charge in [0.15, 0.2) is 0 Å². The first-order valence-corrected chi connectivity index (χ1v) is 12.8. The summed E-state index contributed by atoms with van der Waals surface area (Å²) in [5, 5.41) is 3.16. The molecule has 3 aromatic rings. The van der Waals surface area contributed by atoms with Gasteiger partial charge >= 0.3 is 6.09 Å². The lowest BCUT2D eigenvalue weighted by atomic mass is 9.95. The van der Waals surface area contributed by atoms with E-state index in [0.717, 1.165) is 34.4 Å². The Hall–Kier alpha value is -3.51. The third-order valence-corrected chi connectivity index (χ3v) is 7.58. The van der Waals surface area contributed by atoms with E-state index in [4.69, 9.17) is 4.74 Å². The fraction of sp³-hybridized carbons (Fsp3) is 0.241. The number of likely N-dealkylation sites (tertiary alicyclic amines) is 1. The summed E-state index contributed by atoms with van der Waals surface area (Å²) >= 11 is 1.73. The molecule has 1 N–H and O–H groups in total. The minimum Gasteiger partial charge on any atom is -0.450 e. The van der Waals surface area contributed by atoms with Crippen molar-refractivity contribution in [3.05, 3.63) is 95.1 Å². The Balaban J connectivity index is 1.37. The van der Waals surface area contributed by atoms with Crippen molar-refractivity contribution >= 4 is 35.4 Å². The van der Waals surface area contributed by atoms with E-state index in [0.29, 0.717) is 25.3 Å². The maximum absolute atomic E-state index is 13.1. The number of benzene rings is 3. The van der Waals surface area contributed by atoms with Gasteiger partial charge in [0, 0.05) is 34.5 Å². The number of nitrogens with one attached hydrogen (secondary N) is 1. The number of hydrogen-bond donors (Lipinski definition) is 1. The summed E-state index contributed by atoms with van der Waals surface area (Å²) in [6, 6.07) is 24.8. The van der Waals surface area contributed by atoms with E-state index in [1.54, 1.807) is 23.6 Å². The lowest BCUT2D eigenvalue weighted by Gasteiger charge is -2.31. The van der Waals surface area contributed by atoms with Gasteiger partial charge in [0.2, 0.25) is 0 Å². The smallest absolute Gasteiger partial charge is 0.409 e. The summed E-state index contributed by atoms with van der Waals surface area (Å²) in [5.41, 5.74) is 5.17. The zero-order valence-corrected chi connectivity index (χ0v) is 20.5. The number of amides is 2. The highest BCUT2D eigenvalue weighted by atomic mass is 32.2. The van der Waals surface area contributed by atoms with Crippen LogP contribution in [-0.4, -0.2) is 42.6 Å². The quantitative estimate of drug-likeness (QED) is 0.381. The van der Waals surface area contributed by atoms with Crippen molar-refractivity contribution in [3.63, 3.8) is 0 Å². The van der Waals surface area contributed by atoms with Gasteiger partial charge in [0.05, 0.1) is 6.61 Å². The first-order chi connectivity index (χ1) is 17.1. The third kappa shape index (κ3) is 5.13. The van der Waals surface area contributed by atoms with E-state index < -0.39 is 0 Å². The molecule has 2 aliphatic heterocycles. The number of rotatable bonds is 4. The van der Waals surface area contributed by atoms with Crippen LogP contribution in [0.25, 0.3) is 11.6 Å². The zero-order chi connectivity index (χ0) is 24.2. The summed E-state index contributed by atoms with van der Waals surface area (Å²) in [6.45, 7) is 3.36. The Kier molecular flexibility index (Phi) is 6.91. The van der Waals surface area contributed by atoms with Crippen LogP contribution in [0.2, 0.25) is 0 Å². The number of piperidine rings is 1. The van der Waals surface area contributed by atoms with E-state index in [1.807, 2.05) is 24.3 Å². The minimum atomic E-state index is -0.275. The van der Waals surface area contributed by atoms with Crippen LogP contribution in [0.15, 0.2) is 82.6 Å². The zero-order valence-electron chi connectivity index (χ0n) is 19.7. The summed E-state index contributed by atoms with van der Waals surface area (Å²) in [6.07, 6.45) is 3.36. The molecule has 0 aliphatic carbocycles. The summed E-state index contributed by atoms with van der Waals surface area (Å²) in [7, 11) is 0. The maximum Gasteiger partial charge on any atom is 0.409 e. The number of nitrogens with zero attached hydrogens (tertiary/aromatic N) is 1. The van der Waals surface area contributed by atoms with Gasteiger partial charge in [-0.2, -0.15) is 0 Å². The van der Waals surface area contributed by atoms with Gasteiger partial charge in [-0.15, -0.1) is 0 Å². The molecule has 3 aromatic carbocycles. The molecule has 0 saturated carbocycles. The molecule has 2 aliphatic rings. The largest absolute Gasteiger partial charge is 0.450 e. The van der Waals surface area contributed by atoms with Crippen LogP contribution in [0.5, 0.6) is 0 Å². The van der Waals surface area contributed by atoms with Gasteiger partial charge in [-0.3, -0.25) is 4.79 Å². The molecule has 5 rings (SSSR count).